The predicted octanol–water partition coefficient (Wildman–Crippen LogP) is 2.55. The largest absolute Gasteiger partial charge is 0.396 e. The fourth-order valence-corrected chi connectivity index (χ4v) is 1.33. The highest BCUT2D eigenvalue weighted by Gasteiger charge is 2.00. The monoisotopic (exact) mass is 243 g/mol. The van der Waals surface area contributed by atoms with E-state index in [4.69, 9.17) is 22.1 Å². The third-order valence-electron chi connectivity index (χ3n) is 2.07. The lowest BCUT2D eigenvalue weighted by atomic mass is 10.4. The van der Waals surface area contributed by atoms with Crippen LogP contribution >= 0.6 is 11.6 Å². The summed E-state index contributed by atoms with van der Waals surface area (Å²) in [6.07, 6.45) is 2.24. The van der Waals surface area contributed by atoms with Gasteiger partial charge in [0, 0.05) is 13.2 Å². The van der Waals surface area contributed by atoms with Crippen LogP contribution in [0.25, 0.3) is 0 Å². The molecule has 0 aliphatic carbocycles. The van der Waals surface area contributed by atoms with Crippen molar-refractivity contribution in [3.8, 4) is 0 Å². The number of anilines is 2. The SMILES string of the molecule is CCCCOCCNc1nc(Cl)ccc1N. The van der Waals surface area contributed by atoms with Crippen LogP contribution in [-0.2, 0) is 4.74 Å². The van der Waals surface area contributed by atoms with E-state index in [9.17, 15) is 0 Å². The summed E-state index contributed by atoms with van der Waals surface area (Å²) in [7, 11) is 0. The van der Waals surface area contributed by atoms with Crippen molar-refractivity contribution in [1.29, 1.82) is 0 Å². The number of halogens is 1. The highest BCUT2D eigenvalue weighted by molar-refractivity contribution is 6.29. The maximum Gasteiger partial charge on any atom is 0.151 e. The molecule has 4 nitrogen and oxygen atoms in total. The zero-order chi connectivity index (χ0) is 11.8. The number of pyridine rings is 1. The summed E-state index contributed by atoms with van der Waals surface area (Å²) in [4.78, 5) is 4.08. The predicted molar refractivity (Wildman–Crippen MR) is 67.9 cm³/mol. The van der Waals surface area contributed by atoms with Crippen LogP contribution < -0.4 is 11.1 Å². The van der Waals surface area contributed by atoms with Gasteiger partial charge in [-0.1, -0.05) is 24.9 Å². The molecule has 0 bridgehead atoms. The third-order valence-corrected chi connectivity index (χ3v) is 2.28. The number of hydrogen-bond donors (Lipinski definition) is 2. The molecule has 0 saturated heterocycles. The molecular formula is C11H18ClN3O. The van der Waals surface area contributed by atoms with Gasteiger partial charge in [0.2, 0.25) is 0 Å². The Labute approximate surface area is 101 Å². The summed E-state index contributed by atoms with van der Waals surface area (Å²) in [6.45, 7) is 4.27. The van der Waals surface area contributed by atoms with Crippen LogP contribution in [0.3, 0.4) is 0 Å². The molecule has 3 N–H and O–H groups in total. The van der Waals surface area contributed by atoms with Gasteiger partial charge in [-0.2, -0.15) is 0 Å². The molecule has 16 heavy (non-hydrogen) atoms. The van der Waals surface area contributed by atoms with Gasteiger partial charge in [-0.15, -0.1) is 0 Å². The summed E-state index contributed by atoms with van der Waals surface area (Å²) in [6, 6.07) is 3.40. The zero-order valence-corrected chi connectivity index (χ0v) is 10.3. The molecule has 0 spiro atoms. The van der Waals surface area contributed by atoms with Gasteiger partial charge < -0.3 is 15.8 Å². The lowest BCUT2D eigenvalue weighted by Gasteiger charge is -2.08. The van der Waals surface area contributed by atoms with Crippen LogP contribution in [0.2, 0.25) is 5.15 Å². The van der Waals surface area contributed by atoms with Gasteiger partial charge in [0.25, 0.3) is 0 Å². The van der Waals surface area contributed by atoms with Gasteiger partial charge in [-0.3, -0.25) is 0 Å². The number of nitrogen functional groups attached to an aromatic ring is 1. The van der Waals surface area contributed by atoms with E-state index >= 15 is 0 Å². The van der Waals surface area contributed by atoms with Crippen molar-refractivity contribution < 1.29 is 4.74 Å². The molecule has 1 rings (SSSR count). The van der Waals surface area contributed by atoms with E-state index in [-0.39, 0.29) is 0 Å². The van der Waals surface area contributed by atoms with Gasteiger partial charge in [-0.25, -0.2) is 4.98 Å². The maximum absolute atomic E-state index is 5.76. The average molecular weight is 244 g/mol. The van der Waals surface area contributed by atoms with Gasteiger partial charge >= 0.3 is 0 Å². The molecule has 0 atom stereocenters. The third kappa shape index (κ3) is 4.68. The number of nitrogens with one attached hydrogen (secondary N) is 1. The zero-order valence-electron chi connectivity index (χ0n) is 9.50. The van der Waals surface area contributed by atoms with Crippen molar-refractivity contribution >= 4 is 23.1 Å². The normalized spacial score (nSPS) is 10.4. The Bertz CT molecular complexity index is 320. The maximum atomic E-state index is 5.76. The molecule has 0 unspecified atom stereocenters. The molecular weight excluding hydrogens is 226 g/mol. The lowest BCUT2D eigenvalue weighted by molar-refractivity contribution is 0.141. The number of aromatic nitrogens is 1. The highest BCUT2D eigenvalue weighted by atomic mass is 35.5. The molecule has 1 heterocycles. The number of rotatable bonds is 7. The van der Waals surface area contributed by atoms with Gasteiger partial charge in [0.05, 0.1) is 12.3 Å². The Kier molecular flexibility index (Phi) is 5.96. The van der Waals surface area contributed by atoms with Crippen LogP contribution in [0.15, 0.2) is 12.1 Å². The number of nitrogens with zero attached hydrogens (tertiary/aromatic N) is 1. The minimum Gasteiger partial charge on any atom is -0.396 e. The Balaban J connectivity index is 2.23. The van der Waals surface area contributed by atoms with Crippen molar-refractivity contribution in [3.63, 3.8) is 0 Å². The first-order valence-corrected chi connectivity index (χ1v) is 5.85. The molecule has 0 amide bonds. The Morgan fingerprint density at radius 2 is 2.25 bits per heavy atom. The molecule has 0 aromatic carbocycles. The van der Waals surface area contributed by atoms with Crippen LogP contribution in [0.5, 0.6) is 0 Å². The fraction of sp³-hybridized carbons (Fsp3) is 0.545. The molecule has 0 aliphatic rings. The van der Waals surface area contributed by atoms with E-state index < -0.39 is 0 Å². The van der Waals surface area contributed by atoms with Crippen LogP contribution in [-0.4, -0.2) is 24.7 Å². The Morgan fingerprint density at radius 3 is 3.00 bits per heavy atom. The first-order valence-electron chi connectivity index (χ1n) is 5.47. The van der Waals surface area contributed by atoms with E-state index in [1.807, 2.05) is 0 Å². The number of unbranched alkanes of at least 4 members (excludes halogenated alkanes) is 1. The van der Waals surface area contributed by atoms with Crippen molar-refractivity contribution in [2.75, 3.05) is 30.8 Å². The molecule has 5 heteroatoms. The van der Waals surface area contributed by atoms with Crippen LogP contribution in [0.4, 0.5) is 11.5 Å². The Morgan fingerprint density at radius 1 is 1.44 bits per heavy atom. The van der Waals surface area contributed by atoms with Gasteiger partial charge in [0.1, 0.15) is 5.15 Å². The van der Waals surface area contributed by atoms with Gasteiger partial charge in [-0.05, 0) is 18.6 Å². The summed E-state index contributed by atoms with van der Waals surface area (Å²) < 4.78 is 5.40. The molecule has 0 radical (unpaired) electrons. The smallest absolute Gasteiger partial charge is 0.151 e. The van der Waals surface area contributed by atoms with Crippen molar-refractivity contribution in [3.05, 3.63) is 17.3 Å². The van der Waals surface area contributed by atoms with E-state index in [1.54, 1.807) is 12.1 Å². The molecule has 1 aromatic rings. The van der Waals surface area contributed by atoms with Crippen LogP contribution in [0.1, 0.15) is 19.8 Å². The standard InChI is InChI=1S/C11H18ClN3O/c1-2-3-7-16-8-6-14-11-9(13)4-5-10(12)15-11/h4-5H,2-3,6-8,13H2,1H3,(H,14,15). The highest BCUT2D eigenvalue weighted by Crippen LogP contribution is 2.17. The van der Waals surface area contributed by atoms with E-state index in [0.717, 1.165) is 19.4 Å². The second-order valence-corrected chi connectivity index (χ2v) is 3.85. The molecule has 1 aromatic heterocycles. The number of nitrogens with two attached hydrogens (primary N) is 1. The van der Waals surface area contributed by atoms with Crippen molar-refractivity contribution in [2.45, 2.75) is 19.8 Å². The topological polar surface area (TPSA) is 60.2 Å². The van der Waals surface area contributed by atoms with Gasteiger partial charge in [0.15, 0.2) is 5.82 Å². The molecule has 0 saturated carbocycles. The lowest BCUT2D eigenvalue weighted by Crippen LogP contribution is -2.12. The van der Waals surface area contributed by atoms with Crippen molar-refractivity contribution in [2.24, 2.45) is 0 Å². The molecule has 0 fully saturated rings. The first-order chi connectivity index (χ1) is 7.74. The first kappa shape index (κ1) is 13.1. The average Bonchev–Trinajstić information content (AvgIpc) is 2.28. The number of hydrogen-bond acceptors (Lipinski definition) is 4. The Hall–Kier alpha value is -1.00. The summed E-state index contributed by atoms with van der Waals surface area (Å²) in [5.41, 5.74) is 6.32. The summed E-state index contributed by atoms with van der Waals surface area (Å²) >= 11 is 5.76. The van der Waals surface area contributed by atoms with E-state index in [0.29, 0.717) is 29.8 Å². The fourth-order valence-electron chi connectivity index (χ4n) is 1.18. The molecule has 0 aliphatic heterocycles. The summed E-state index contributed by atoms with van der Waals surface area (Å²) in [5, 5.41) is 3.52. The number of ether oxygens (including phenoxy) is 1. The minimum absolute atomic E-state index is 0.434. The molecule has 90 valence electrons. The van der Waals surface area contributed by atoms with Crippen molar-refractivity contribution in [1.82, 2.24) is 4.98 Å². The quantitative estimate of drug-likeness (QED) is 0.571. The summed E-state index contributed by atoms with van der Waals surface area (Å²) in [5.74, 6) is 0.617. The minimum atomic E-state index is 0.434. The van der Waals surface area contributed by atoms with Crippen LogP contribution in [0, 0.1) is 0 Å². The van der Waals surface area contributed by atoms with E-state index in [1.165, 1.54) is 0 Å². The second-order valence-electron chi connectivity index (χ2n) is 3.46. The second kappa shape index (κ2) is 7.30. The van der Waals surface area contributed by atoms with E-state index in [2.05, 4.69) is 17.2 Å².